The Labute approximate surface area is 253 Å². The summed E-state index contributed by atoms with van der Waals surface area (Å²) in [5.41, 5.74) is 11.2. The first-order valence-electron chi connectivity index (χ1n) is 15.0. The second-order valence-corrected chi connectivity index (χ2v) is 13.6. The van der Waals surface area contributed by atoms with Gasteiger partial charge < -0.3 is 4.42 Å². The Kier molecular flexibility index (Phi) is 6.10. The molecule has 0 bridgehead atoms. The number of furan rings is 1. The fraction of sp³-hybridized carbons (Fsp3) is 0.231. The molecule has 7 aromatic rings. The van der Waals surface area contributed by atoms with Gasteiger partial charge in [0.25, 0.3) is 0 Å². The molecule has 0 aliphatic heterocycles. The van der Waals surface area contributed by atoms with Crippen LogP contribution < -0.4 is 0 Å². The third kappa shape index (κ3) is 4.53. The van der Waals surface area contributed by atoms with Crippen molar-refractivity contribution in [2.75, 3.05) is 0 Å². The van der Waals surface area contributed by atoms with E-state index in [9.17, 15) is 0 Å². The van der Waals surface area contributed by atoms with Gasteiger partial charge in [0.1, 0.15) is 11.4 Å². The van der Waals surface area contributed by atoms with E-state index >= 15 is 0 Å². The van der Waals surface area contributed by atoms with E-state index in [1.165, 1.54) is 16.7 Å². The Balaban J connectivity index is 1.56. The van der Waals surface area contributed by atoms with Crippen LogP contribution in [0.4, 0.5) is 0 Å². The minimum Gasteiger partial charge on any atom is -0.437 e. The van der Waals surface area contributed by atoms with Crippen molar-refractivity contribution in [3.63, 3.8) is 0 Å². The molecule has 43 heavy (non-hydrogen) atoms. The first kappa shape index (κ1) is 27.2. The van der Waals surface area contributed by atoms with Gasteiger partial charge in [0.05, 0.1) is 22.3 Å². The Morgan fingerprint density at radius 2 is 1.42 bits per heavy atom. The van der Waals surface area contributed by atoms with Crippen molar-refractivity contribution in [3.05, 3.63) is 114 Å². The zero-order valence-electron chi connectivity index (χ0n) is 26.0. The summed E-state index contributed by atoms with van der Waals surface area (Å²) in [6.07, 6.45) is 0. The lowest BCUT2D eigenvalue weighted by Crippen LogP contribution is -2.12. The number of para-hydroxylation sites is 2. The summed E-state index contributed by atoms with van der Waals surface area (Å²) in [4.78, 5) is 10.2. The van der Waals surface area contributed by atoms with Crippen molar-refractivity contribution in [1.29, 1.82) is 0 Å². The number of benzene rings is 4. The predicted octanol–water partition coefficient (Wildman–Crippen LogP) is 10.6. The van der Waals surface area contributed by atoms with Crippen LogP contribution in [0.25, 0.3) is 61.3 Å². The highest BCUT2D eigenvalue weighted by molar-refractivity contribution is 6.10. The number of hydrogen-bond donors (Lipinski definition) is 0. The minimum atomic E-state index is -0.0773. The molecule has 0 saturated heterocycles. The number of hydrogen-bond acceptors (Lipinski definition) is 3. The van der Waals surface area contributed by atoms with E-state index in [-0.39, 0.29) is 10.8 Å². The van der Waals surface area contributed by atoms with Crippen molar-refractivity contribution in [2.45, 2.75) is 59.3 Å². The normalized spacial score (nSPS) is 12.5. The van der Waals surface area contributed by atoms with E-state index in [4.69, 9.17) is 14.4 Å². The van der Waals surface area contributed by atoms with Crippen molar-refractivity contribution < 1.29 is 4.42 Å². The van der Waals surface area contributed by atoms with Crippen molar-refractivity contribution in [2.24, 2.45) is 0 Å². The van der Waals surface area contributed by atoms with E-state index in [0.717, 1.165) is 55.7 Å². The summed E-state index contributed by atoms with van der Waals surface area (Å²) in [6.45, 7) is 15.5. The van der Waals surface area contributed by atoms with Crippen LogP contribution in [0.15, 0.2) is 101 Å². The molecule has 0 N–H and O–H groups in total. The molecular formula is C39H37N3O. The van der Waals surface area contributed by atoms with E-state index in [1.807, 2.05) is 6.07 Å². The molecule has 0 spiro atoms. The lowest BCUT2D eigenvalue weighted by atomic mass is 9.85. The maximum atomic E-state index is 6.66. The number of imidazole rings is 1. The first-order valence-corrected chi connectivity index (χ1v) is 15.0. The van der Waals surface area contributed by atoms with Crippen molar-refractivity contribution >= 4 is 33.1 Å². The number of aryl methyl sites for hydroxylation is 1. The summed E-state index contributed by atoms with van der Waals surface area (Å²) in [6, 6.07) is 34.5. The lowest BCUT2D eigenvalue weighted by Gasteiger charge is -2.23. The summed E-state index contributed by atoms with van der Waals surface area (Å²) in [5, 5.41) is 2.12. The van der Waals surface area contributed by atoms with Gasteiger partial charge in [-0.1, -0.05) is 96.1 Å². The van der Waals surface area contributed by atoms with Crippen molar-refractivity contribution in [3.8, 4) is 28.2 Å². The van der Waals surface area contributed by atoms with Gasteiger partial charge in [0, 0.05) is 27.4 Å². The van der Waals surface area contributed by atoms with Gasteiger partial charge in [-0.3, -0.25) is 4.57 Å². The van der Waals surface area contributed by atoms with Crippen LogP contribution >= 0.6 is 0 Å². The summed E-state index contributed by atoms with van der Waals surface area (Å²) in [7, 11) is 0. The number of fused-ring (bicyclic) bond motifs is 4. The molecule has 3 aromatic heterocycles. The Hall–Kier alpha value is -4.70. The zero-order valence-corrected chi connectivity index (χ0v) is 26.0. The molecule has 7 rings (SSSR count). The number of aromatic nitrogens is 3. The molecule has 0 unspecified atom stereocenters. The van der Waals surface area contributed by atoms with Gasteiger partial charge in [0.2, 0.25) is 5.71 Å². The SMILES string of the molecule is Cc1ccc(-c2nc3ccccc3n2-c2ccc(C(C)(C)C)cc2-c2ccccc2)c2oc3nc(C(C)(C)C)ccc3c12. The monoisotopic (exact) mass is 563 g/mol. The van der Waals surface area contributed by atoms with Gasteiger partial charge in [0.15, 0.2) is 0 Å². The molecule has 0 fully saturated rings. The van der Waals surface area contributed by atoms with Gasteiger partial charge in [-0.2, -0.15) is 0 Å². The lowest BCUT2D eigenvalue weighted by molar-refractivity contribution is 0.562. The minimum absolute atomic E-state index is 0.0121. The summed E-state index contributed by atoms with van der Waals surface area (Å²) in [5.74, 6) is 0.849. The van der Waals surface area contributed by atoms with Crippen LogP contribution in [0, 0.1) is 6.92 Å². The third-order valence-electron chi connectivity index (χ3n) is 8.45. The largest absolute Gasteiger partial charge is 0.437 e. The van der Waals surface area contributed by atoms with Crippen LogP contribution in [0.3, 0.4) is 0 Å². The molecule has 3 heterocycles. The fourth-order valence-corrected chi connectivity index (χ4v) is 6.02. The zero-order chi connectivity index (χ0) is 30.1. The van der Waals surface area contributed by atoms with Gasteiger partial charge in [-0.25, -0.2) is 9.97 Å². The second-order valence-electron chi connectivity index (χ2n) is 13.6. The molecule has 4 nitrogen and oxygen atoms in total. The molecule has 0 amide bonds. The molecule has 0 aliphatic rings. The molecular weight excluding hydrogens is 526 g/mol. The molecule has 0 radical (unpaired) electrons. The van der Waals surface area contributed by atoms with Crippen LogP contribution in [0.1, 0.15) is 58.4 Å². The molecule has 4 heteroatoms. The first-order chi connectivity index (χ1) is 20.5. The van der Waals surface area contributed by atoms with Crippen LogP contribution in [-0.4, -0.2) is 14.5 Å². The third-order valence-corrected chi connectivity index (χ3v) is 8.45. The van der Waals surface area contributed by atoms with Crippen LogP contribution in [0.5, 0.6) is 0 Å². The summed E-state index contributed by atoms with van der Waals surface area (Å²) < 4.78 is 8.96. The Morgan fingerprint density at radius 1 is 0.674 bits per heavy atom. The standard InChI is InChI=1S/C39H37N3O/c1-24-17-19-28(35-34(24)27-20-22-33(39(5,6)7)41-37(27)43-35)36-40-30-15-11-12-16-32(30)42(36)31-21-18-26(38(2,3)4)23-29(31)25-13-9-8-10-14-25/h8-23H,1-7H3. The quantitative estimate of drug-likeness (QED) is 0.215. The van der Waals surface area contributed by atoms with E-state index in [0.29, 0.717) is 5.71 Å². The molecule has 0 aliphatic carbocycles. The van der Waals surface area contributed by atoms with E-state index in [1.54, 1.807) is 0 Å². The van der Waals surface area contributed by atoms with Crippen LogP contribution in [-0.2, 0) is 10.8 Å². The maximum absolute atomic E-state index is 6.66. The molecule has 214 valence electrons. The molecule has 0 saturated carbocycles. The predicted molar refractivity (Wildman–Crippen MR) is 179 cm³/mol. The highest BCUT2D eigenvalue weighted by Gasteiger charge is 2.25. The fourth-order valence-electron chi connectivity index (χ4n) is 6.02. The number of nitrogens with zero attached hydrogens (tertiary/aromatic N) is 3. The van der Waals surface area contributed by atoms with E-state index in [2.05, 4.69) is 144 Å². The smallest absolute Gasteiger partial charge is 0.227 e. The highest BCUT2D eigenvalue weighted by Crippen LogP contribution is 2.41. The average molecular weight is 564 g/mol. The summed E-state index contributed by atoms with van der Waals surface area (Å²) >= 11 is 0. The Bertz CT molecular complexity index is 2150. The number of pyridine rings is 1. The topological polar surface area (TPSA) is 43.9 Å². The van der Waals surface area contributed by atoms with Crippen molar-refractivity contribution in [1.82, 2.24) is 14.5 Å². The maximum Gasteiger partial charge on any atom is 0.227 e. The number of rotatable bonds is 3. The van der Waals surface area contributed by atoms with Crippen LogP contribution in [0.2, 0.25) is 0 Å². The molecule has 0 atom stereocenters. The molecule has 4 aromatic carbocycles. The Morgan fingerprint density at radius 3 is 2.16 bits per heavy atom. The van der Waals surface area contributed by atoms with E-state index < -0.39 is 0 Å². The average Bonchev–Trinajstić information content (AvgIpc) is 3.56. The second kappa shape index (κ2) is 9.67. The van der Waals surface area contributed by atoms with Gasteiger partial charge >= 0.3 is 0 Å². The highest BCUT2D eigenvalue weighted by atomic mass is 16.3. The van der Waals surface area contributed by atoms with Gasteiger partial charge in [-0.15, -0.1) is 0 Å². The van der Waals surface area contributed by atoms with Gasteiger partial charge in [-0.05, 0) is 71.5 Å².